The summed E-state index contributed by atoms with van der Waals surface area (Å²) in [5.41, 5.74) is 1.15. The van der Waals surface area contributed by atoms with E-state index in [1.54, 1.807) is 56.7 Å². The van der Waals surface area contributed by atoms with E-state index in [1.807, 2.05) is 12.1 Å². The summed E-state index contributed by atoms with van der Waals surface area (Å²) in [6, 6.07) is 13.9. The lowest BCUT2D eigenvalue weighted by molar-refractivity contribution is 0.258. The third-order valence-corrected chi connectivity index (χ3v) is 4.07. The number of carbonyl (C=O) groups excluding carboxylic acids is 1. The fourth-order valence-corrected chi connectivity index (χ4v) is 2.70. The maximum Gasteiger partial charge on any atom is 0.326 e. The zero-order chi connectivity index (χ0) is 17.3. The molecule has 6 heteroatoms. The summed E-state index contributed by atoms with van der Waals surface area (Å²) in [6.45, 7) is 0. The van der Waals surface area contributed by atoms with Gasteiger partial charge in [-0.3, -0.25) is 9.69 Å². The Hall–Kier alpha value is -2.79. The number of urea groups is 1. The predicted octanol–water partition coefficient (Wildman–Crippen LogP) is 3.86. The van der Waals surface area contributed by atoms with Gasteiger partial charge in [-0.15, -0.1) is 0 Å². The minimum Gasteiger partial charge on any atom is -0.316 e. The molecule has 1 aromatic heterocycles. The minimum atomic E-state index is -0.318. The van der Waals surface area contributed by atoms with Crippen molar-refractivity contribution >= 4 is 39.8 Å². The van der Waals surface area contributed by atoms with E-state index in [4.69, 9.17) is 11.6 Å². The molecule has 0 fully saturated rings. The van der Waals surface area contributed by atoms with Crippen molar-refractivity contribution in [2.45, 2.75) is 0 Å². The second-order valence-corrected chi connectivity index (χ2v) is 5.91. The Morgan fingerprint density at radius 1 is 1.12 bits per heavy atom. The fourth-order valence-electron chi connectivity index (χ4n) is 2.52. The van der Waals surface area contributed by atoms with Crippen molar-refractivity contribution in [3.8, 4) is 0 Å². The molecule has 0 aliphatic heterocycles. The van der Waals surface area contributed by atoms with Gasteiger partial charge in [0.05, 0.1) is 5.69 Å². The van der Waals surface area contributed by atoms with Gasteiger partial charge in [-0.05, 0) is 24.3 Å². The van der Waals surface area contributed by atoms with Crippen molar-refractivity contribution in [1.29, 1.82) is 0 Å². The van der Waals surface area contributed by atoms with Crippen LogP contribution in [0.25, 0.3) is 10.8 Å². The highest BCUT2D eigenvalue weighted by atomic mass is 35.5. The molecule has 0 bridgehead atoms. The minimum absolute atomic E-state index is 0.105. The van der Waals surface area contributed by atoms with Crippen LogP contribution in [0.5, 0.6) is 0 Å². The molecule has 2 aromatic carbocycles. The van der Waals surface area contributed by atoms with Crippen LogP contribution in [0.3, 0.4) is 0 Å². The Morgan fingerprint density at radius 2 is 1.83 bits per heavy atom. The van der Waals surface area contributed by atoms with Gasteiger partial charge in [-0.2, -0.15) is 0 Å². The topological polar surface area (TPSA) is 54.3 Å². The van der Waals surface area contributed by atoms with Crippen LogP contribution in [-0.4, -0.2) is 17.6 Å². The summed E-state index contributed by atoms with van der Waals surface area (Å²) in [4.78, 5) is 26.2. The van der Waals surface area contributed by atoms with Gasteiger partial charge in [0.25, 0.3) is 5.56 Å². The SMILES string of the molecule is CN(C(=O)Nc1cn(C)c(=O)c2ccccc12)c1cccc(Cl)c1. The van der Waals surface area contributed by atoms with Gasteiger partial charge < -0.3 is 9.88 Å². The zero-order valence-electron chi connectivity index (χ0n) is 13.3. The highest BCUT2D eigenvalue weighted by Crippen LogP contribution is 2.22. The molecule has 122 valence electrons. The first-order valence-corrected chi connectivity index (χ1v) is 7.74. The molecular formula is C18H16ClN3O2. The van der Waals surface area contributed by atoms with E-state index in [1.165, 1.54) is 9.47 Å². The number of hydrogen-bond acceptors (Lipinski definition) is 2. The van der Waals surface area contributed by atoms with E-state index in [9.17, 15) is 9.59 Å². The van der Waals surface area contributed by atoms with Gasteiger partial charge in [0.15, 0.2) is 0 Å². The van der Waals surface area contributed by atoms with Gasteiger partial charge in [0.1, 0.15) is 0 Å². The molecule has 0 radical (unpaired) electrons. The number of hydrogen-bond donors (Lipinski definition) is 1. The molecule has 24 heavy (non-hydrogen) atoms. The molecule has 2 amide bonds. The van der Waals surface area contributed by atoms with Crippen molar-refractivity contribution in [3.63, 3.8) is 0 Å². The third-order valence-electron chi connectivity index (χ3n) is 3.83. The third kappa shape index (κ3) is 2.98. The maximum atomic E-state index is 12.5. The first-order chi connectivity index (χ1) is 11.5. The zero-order valence-corrected chi connectivity index (χ0v) is 14.0. The number of nitrogens with zero attached hydrogens (tertiary/aromatic N) is 2. The monoisotopic (exact) mass is 341 g/mol. The van der Waals surface area contributed by atoms with E-state index in [0.717, 1.165) is 0 Å². The highest BCUT2D eigenvalue weighted by molar-refractivity contribution is 6.31. The lowest BCUT2D eigenvalue weighted by atomic mass is 10.1. The predicted molar refractivity (Wildman–Crippen MR) is 98.1 cm³/mol. The van der Waals surface area contributed by atoms with Crippen molar-refractivity contribution in [1.82, 2.24) is 4.57 Å². The number of pyridine rings is 1. The van der Waals surface area contributed by atoms with E-state index < -0.39 is 0 Å². The number of amides is 2. The van der Waals surface area contributed by atoms with Gasteiger partial charge >= 0.3 is 6.03 Å². The van der Waals surface area contributed by atoms with Crippen molar-refractivity contribution in [2.24, 2.45) is 7.05 Å². The van der Waals surface area contributed by atoms with E-state index in [2.05, 4.69) is 5.32 Å². The first kappa shape index (κ1) is 16.1. The Kier molecular flexibility index (Phi) is 4.27. The molecule has 1 heterocycles. The molecule has 3 rings (SSSR count). The summed E-state index contributed by atoms with van der Waals surface area (Å²) in [6.07, 6.45) is 1.62. The molecule has 1 N–H and O–H groups in total. The summed E-state index contributed by atoms with van der Waals surface area (Å²) < 4.78 is 1.46. The highest BCUT2D eigenvalue weighted by Gasteiger charge is 2.14. The second kappa shape index (κ2) is 6.37. The van der Waals surface area contributed by atoms with Gasteiger partial charge in [0, 0.05) is 41.8 Å². The van der Waals surface area contributed by atoms with Crippen LogP contribution in [0, 0.1) is 0 Å². The number of aromatic nitrogens is 1. The quantitative estimate of drug-likeness (QED) is 0.769. The maximum absolute atomic E-state index is 12.5. The average Bonchev–Trinajstić information content (AvgIpc) is 2.58. The Labute approximate surface area is 144 Å². The van der Waals surface area contributed by atoms with Crippen molar-refractivity contribution < 1.29 is 4.79 Å². The van der Waals surface area contributed by atoms with Crippen LogP contribution in [0.15, 0.2) is 59.5 Å². The molecule has 0 atom stereocenters. The molecule has 0 aliphatic carbocycles. The van der Waals surface area contributed by atoms with Crippen LogP contribution in [0.1, 0.15) is 0 Å². The number of anilines is 2. The van der Waals surface area contributed by atoms with Crippen LogP contribution in [-0.2, 0) is 7.05 Å². The number of nitrogens with one attached hydrogen (secondary N) is 1. The summed E-state index contributed by atoms with van der Waals surface area (Å²) in [5, 5.41) is 4.67. The fraction of sp³-hybridized carbons (Fsp3) is 0.111. The number of halogens is 1. The molecule has 3 aromatic rings. The number of fused-ring (bicyclic) bond motifs is 1. The van der Waals surface area contributed by atoms with Crippen LogP contribution >= 0.6 is 11.6 Å². The van der Waals surface area contributed by atoms with E-state index in [-0.39, 0.29) is 11.6 Å². The Bertz CT molecular complexity index is 981. The number of carbonyl (C=O) groups is 1. The summed E-state index contributed by atoms with van der Waals surface area (Å²) in [5.74, 6) is 0. The number of benzene rings is 2. The molecule has 0 saturated heterocycles. The van der Waals surface area contributed by atoms with E-state index >= 15 is 0 Å². The summed E-state index contributed by atoms with van der Waals surface area (Å²) >= 11 is 5.97. The van der Waals surface area contributed by atoms with Crippen LogP contribution in [0.2, 0.25) is 5.02 Å². The molecule has 0 unspecified atom stereocenters. The van der Waals surface area contributed by atoms with E-state index in [0.29, 0.717) is 27.2 Å². The molecule has 0 saturated carbocycles. The molecule has 0 aliphatic rings. The Morgan fingerprint density at radius 3 is 2.54 bits per heavy atom. The van der Waals surface area contributed by atoms with Crippen LogP contribution < -0.4 is 15.8 Å². The lowest BCUT2D eigenvalue weighted by Gasteiger charge is -2.19. The molecule has 0 spiro atoms. The number of rotatable bonds is 2. The normalized spacial score (nSPS) is 10.6. The molecule has 5 nitrogen and oxygen atoms in total. The van der Waals surface area contributed by atoms with Gasteiger partial charge in [-0.25, -0.2) is 4.79 Å². The average molecular weight is 342 g/mol. The van der Waals surface area contributed by atoms with Crippen molar-refractivity contribution in [2.75, 3.05) is 17.3 Å². The lowest BCUT2D eigenvalue weighted by Crippen LogP contribution is -2.31. The first-order valence-electron chi connectivity index (χ1n) is 7.36. The smallest absolute Gasteiger partial charge is 0.316 e. The summed E-state index contributed by atoms with van der Waals surface area (Å²) in [7, 11) is 3.32. The Balaban J connectivity index is 1.96. The van der Waals surface area contributed by atoms with Gasteiger partial charge in [-0.1, -0.05) is 35.9 Å². The van der Waals surface area contributed by atoms with Crippen LogP contribution in [0.4, 0.5) is 16.2 Å². The largest absolute Gasteiger partial charge is 0.326 e. The molecular weight excluding hydrogens is 326 g/mol. The van der Waals surface area contributed by atoms with Crippen molar-refractivity contribution in [3.05, 3.63) is 70.1 Å². The number of aryl methyl sites for hydroxylation is 1. The second-order valence-electron chi connectivity index (χ2n) is 5.47. The van der Waals surface area contributed by atoms with Gasteiger partial charge in [0.2, 0.25) is 0 Å². The standard InChI is InChI=1S/C18H16ClN3O2/c1-21-11-16(14-8-3-4-9-15(14)17(21)23)20-18(24)22(2)13-7-5-6-12(19)10-13/h3-11H,1-2H3,(H,20,24).